The minimum atomic E-state index is -5.03. The summed E-state index contributed by atoms with van der Waals surface area (Å²) in [5.41, 5.74) is 0. The molecule has 1 fully saturated rings. The number of rotatable bonds is 40. The Bertz CT molecular complexity index is 1190. The highest BCUT2D eigenvalue weighted by molar-refractivity contribution is 7.47. The summed E-state index contributed by atoms with van der Waals surface area (Å²) in [4.78, 5) is 23.2. The molecule has 13 heteroatoms. The van der Waals surface area contributed by atoms with Crippen molar-refractivity contribution in [2.24, 2.45) is 0 Å². The molecule has 1 rings (SSSR count). The first-order valence-electron chi connectivity index (χ1n) is 24.0. The monoisotopic (exact) mass is 887 g/mol. The largest absolute Gasteiger partial charge is 0.472 e. The molecule has 0 saturated heterocycles. The molecule has 6 atom stereocenters. The summed E-state index contributed by atoms with van der Waals surface area (Å²) in [6.07, 6.45) is 34.8. The second-order valence-corrected chi connectivity index (χ2v) is 18.0. The predicted octanol–water partition coefficient (Wildman–Crippen LogP) is 10.0. The Hall–Kier alpha value is -1.70. The number of phosphoric ester groups is 1. The quantitative estimate of drug-likeness (QED) is 0.0148. The van der Waals surface area contributed by atoms with Crippen molar-refractivity contribution in [3.05, 3.63) is 48.6 Å². The first-order chi connectivity index (χ1) is 29.5. The number of aliphatic hydroxyl groups excluding tert-OH is 5. The van der Waals surface area contributed by atoms with Crippen molar-refractivity contribution in [1.82, 2.24) is 0 Å². The second-order valence-electron chi connectivity index (χ2n) is 16.6. The number of ether oxygens (including phenoxy) is 2. The molecule has 0 spiro atoms. The summed E-state index contributed by atoms with van der Waals surface area (Å²) < 4.78 is 34.1. The van der Waals surface area contributed by atoms with Gasteiger partial charge in [-0.05, 0) is 44.9 Å². The van der Waals surface area contributed by atoms with E-state index >= 15 is 0 Å². The lowest BCUT2D eigenvalue weighted by Gasteiger charge is -2.41. The number of hydrogen-bond donors (Lipinski definition) is 6. The summed E-state index contributed by atoms with van der Waals surface area (Å²) in [6.45, 7) is 4.02. The van der Waals surface area contributed by atoms with Gasteiger partial charge in [-0.25, -0.2) is 4.57 Å². The number of unbranched alkanes of at least 4 members (excludes halogenated alkanes) is 20. The van der Waals surface area contributed by atoms with Crippen LogP contribution in [-0.4, -0.2) is 98.9 Å². The number of carbonyl (C=O) groups excluding carboxylic acids is 1. The van der Waals surface area contributed by atoms with Crippen LogP contribution in [0.15, 0.2) is 48.6 Å². The maximum absolute atomic E-state index is 12.8. The number of phosphoric acid groups is 1. The van der Waals surface area contributed by atoms with Gasteiger partial charge in [0, 0.05) is 13.0 Å². The molecule has 0 radical (unpaired) electrons. The van der Waals surface area contributed by atoms with Crippen LogP contribution >= 0.6 is 7.82 Å². The lowest BCUT2D eigenvalue weighted by Crippen LogP contribution is -2.64. The van der Waals surface area contributed by atoms with E-state index in [2.05, 4.69) is 62.5 Å². The molecular weight excluding hydrogens is 799 g/mol. The van der Waals surface area contributed by atoms with Crippen LogP contribution in [0.5, 0.6) is 0 Å². The topological polar surface area (TPSA) is 192 Å². The summed E-state index contributed by atoms with van der Waals surface area (Å²) in [7, 11) is -5.03. The lowest BCUT2D eigenvalue weighted by atomic mass is 9.85. The van der Waals surface area contributed by atoms with Gasteiger partial charge in [-0.1, -0.05) is 184 Å². The second kappa shape index (κ2) is 38.7. The molecule has 6 N–H and O–H groups in total. The minimum Gasteiger partial charge on any atom is -0.457 e. The molecule has 6 unspecified atom stereocenters. The average molecular weight is 887 g/mol. The SMILES string of the molecule is CC/C=C\C/C=C\C/C=C\C/C=C\CCCOCC(COP(=O)(O)OC1C(O)C(O)C(O)C(O)C1O)OC(=O)CCCCCCCCCCCCCCCCCCCCCC. The fraction of sp³-hybridized carbons (Fsp3) is 0.812. The van der Waals surface area contributed by atoms with Gasteiger partial charge in [0.1, 0.15) is 42.7 Å². The van der Waals surface area contributed by atoms with E-state index in [9.17, 15) is 39.8 Å². The van der Waals surface area contributed by atoms with E-state index < -0.39 is 63.1 Å². The van der Waals surface area contributed by atoms with E-state index in [-0.39, 0.29) is 13.0 Å². The van der Waals surface area contributed by atoms with E-state index in [1.54, 1.807) is 0 Å². The number of hydrogen-bond acceptors (Lipinski definition) is 11. The summed E-state index contributed by atoms with van der Waals surface area (Å²) in [5.74, 6) is -0.494. The van der Waals surface area contributed by atoms with Crippen LogP contribution in [0.3, 0.4) is 0 Å². The third-order valence-corrected chi connectivity index (χ3v) is 12.0. The Morgan fingerprint density at radius 1 is 0.541 bits per heavy atom. The highest BCUT2D eigenvalue weighted by atomic mass is 31.2. The van der Waals surface area contributed by atoms with E-state index in [4.69, 9.17) is 18.5 Å². The van der Waals surface area contributed by atoms with Gasteiger partial charge in [0.15, 0.2) is 0 Å². The molecule has 0 aromatic carbocycles. The molecule has 1 aliphatic rings. The Balaban J connectivity index is 2.38. The normalized spacial score (nSPS) is 22.6. The third-order valence-electron chi connectivity index (χ3n) is 11.0. The fourth-order valence-electron chi connectivity index (χ4n) is 7.18. The molecule has 1 aliphatic carbocycles. The van der Waals surface area contributed by atoms with E-state index in [0.29, 0.717) is 19.4 Å². The third kappa shape index (κ3) is 30.9. The van der Waals surface area contributed by atoms with Crippen molar-refractivity contribution in [2.75, 3.05) is 19.8 Å². The van der Waals surface area contributed by atoms with Crippen LogP contribution in [0.2, 0.25) is 0 Å². The molecule has 356 valence electrons. The van der Waals surface area contributed by atoms with Gasteiger partial charge in [-0.2, -0.15) is 0 Å². The van der Waals surface area contributed by atoms with Gasteiger partial charge in [0.05, 0.1) is 13.2 Å². The Morgan fingerprint density at radius 3 is 1.41 bits per heavy atom. The zero-order valence-electron chi connectivity index (χ0n) is 38.0. The van der Waals surface area contributed by atoms with Crippen molar-refractivity contribution < 1.29 is 58.3 Å². The first kappa shape index (κ1) is 57.3. The molecule has 0 aliphatic heterocycles. The van der Waals surface area contributed by atoms with Gasteiger partial charge < -0.3 is 39.9 Å². The highest BCUT2D eigenvalue weighted by Crippen LogP contribution is 2.47. The number of aliphatic hydroxyl groups is 5. The average Bonchev–Trinajstić information content (AvgIpc) is 3.24. The van der Waals surface area contributed by atoms with Gasteiger partial charge in [-0.3, -0.25) is 13.8 Å². The number of esters is 1. The maximum Gasteiger partial charge on any atom is 0.472 e. The number of allylic oxidation sites excluding steroid dienone is 8. The van der Waals surface area contributed by atoms with Crippen molar-refractivity contribution in [2.45, 2.75) is 230 Å². The molecule has 0 amide bonds. The molecule has 0 heterocycles. The molecule has 0 aromatic heterocycles. The summed E-state index contributed by atoms with van der Waals surface area (Å²) in [5, 5.41) is 50.2. The van der Waals surface area contributed by atoms with E-state index in [1.807, 2.05) is 0 Å². The highest BCUT2D eigenvalue weighted by Gasteiger charge is 2.51. The molecule has 1 saturated carbocycles. The van der Waals surface area contributed by atoms with E-state index in [1.165, 1.54) is 103 Å². The van der Waals surface area contributed by atoms with Crippen molar-refractivity contribution >= 4 is 13.8 Å². The molecular formula is C48H87O12P. The van der Waals surface area contributed by atoms with Crippen molar-refractivity contribution in [3.63, 3.8) is 0 Å². The Morgan fingerprint density at radius 2 is 0.951 bits per heavy atom. The summed E-state index contributed by atoms with van der Waals surface area (Å²) in [6, 6.07) is 0. The Labute approximate surface area is 369 Å². The molecule has 61 heavy (non-hydrogen) atoms. The Kier molecular flexibility index (Phi) is 36.4. The zero-order chi connectivity index (χ0) is 44.8. The maximum atomic E-state index is 12.8. The lowest BCUT2D eigenvalue weighted by molar-refractivity contribution is -0.220. The van der Waals surface area contributed by atoms with Gasteiger partial charge in [0.2, 0.25) is 0 Å². The fourth-order valence-corrected chi connectivity index (χ4v) is 8.16. The van der Waals surface area contributed by atoms with E-state index in [0.717, 1.165) is 51.4 Å². The van der Waals surface area contributed by atoms with Crippen LogP contribution in [0.1, 0.15) is 187 Å². The van der Waals surface area contributed by atoms with Gasteiger partial charge in [-0.15, -0.1) is 0 Å². The van der Waals surface area contributed by atoms with Crippen LogP contribution in [0.25, 0.3) is 0 Å². The molecule has 0 bridgehead atoms. The zero-order valence-corrected chi connectivity index (χ0v) is 38.8. The molecule has 0 aromatic rings. The standard InChI is InChI=1S/C48H87O12P/c1-3-5-7-9-11-13-15-17-19-20-21-22-23-24-25-27-29-31-33-35-37-42(49)59-41(39-57-38-36-34-32-30-28-26-18-16-14-12-10-8-6-4-2)40-58-61(55,56)60-48-46(53)44(51)43(50)45(52)47(48)54/h6,8,12,14,18,26,30,32,41,43-48,50-54H,3-5,7,9-11,13,15-17,19-25,27-29,31,33-40H2,1-2H3,(H,55,56)/b8-6-,14-12-,26-18-,32-30-. The van der Waals surface area contributed by atoms with Crippen LogP contribution in [0.4, 0.5) is 0 Å². The van der Waals surface area contributed by atoms with Gasteiger partial charge in [0.25, 0.3) is 0 Å². The van der Waals surface area contributed by atoms with Crippen molar-refractivity contribution in [3.8, 4) is 0 Å². The number of carbonyl (C=O) groups is 1. The van der Waals surface area contributed by atoms with Gasteiger partial charge >= 0.3 is 13.8 Å². The smallest absolute Gasteiger partial charge is 0.457 e. The van der Waals surface area contributed by atoms with Crippen LogP contribution in [-0.2, 0) is 27.9 Å². The minimum absolute atomic E-state index is 0.114. The first-order valence-corrected chi connectivity index (χ1v) is 25.5. The predicted molar refractivity (Wildman–Crippen MR) is 244 cm³/mol. The summed E-state index contributed by atoms with van der Waals surface area (Å²) >= 11 is 0. The molecule has 12 nitrogen and oxygen atoms in total. The van der Waals surface area contributed by atoms with Crippen LogP contribution < -0.4 is 0 Å². The van der Waals surface area contributed by atoms with Crippen molar-refractivity contribution in [1.29, 1.82) is 0 Å². The van der Waals surface area contributed by atoms with Crippen LogP contribution in [0, 0.1) is 0 Å².